The summed E-state index contributed by atoms with van der Waals surface area (Å²) >= 11 is 0. The molecule has 0 aliphatic rings. The maximum atomic E-state index is 5.55. The van der Waals surface area contributed by atoms with Crippen LogP contribution in [0.4, 0.5) is 0 Å². The Kier molecular flexibility index (Phi) is 4.46. The first-order chi connectivity index (χ1) is 7.19. The van der Waals surface area contributed by atoms with Gasteiger partial charge in [0.2, 0.25) is 0 Å². The van der Waals surface area contributed by atoms with E-state index in [1.165, 1.54) is 5.56 Å². The predicted octanol–water partition coefficient (Wildman–Crippen LogP) is 2.11. The summed E-state index contributed by atoms with van der Waals surface area (Å²) in [5, 5.41) is 0. The summed E-state index contributed by atoms with van der Waals surface area (Å²) < 4.78 is 0. The van der Waals surface area contributed by atoms with Crippen LogP contribution in [0, 0.1) is 0 Å². The Morgan fingerprint density at radius 1 is 1.67 bits per heavy atom. The third kappa shape index (κ3) is 3.15. The summed E-state index contributed by atoms with van der Waals surface area (Å²) in [6.45, 7) is 8.02. The monoisotopic (exact) mass is 205 g/mol. The maximum Gasteiger partial charge on any atom is 0.0671 e. The van der Waals surface area contributed by atoms with Crippen LogP contribution in [-0.4, -0.2) is 4.98 Å². The van der Waals surface area contributed by atoms with Gasteiger partial charge in [-0.3, -0.25) is 16.3 Å². The highest BCUT2D eigenvalue weighted by Crippen LogP contribution is 2.21. The number of rotatable bonds is 5. The Bertz CT molecular complexity index is 333. The van der Waals surface area contributed by atoms with E-state index >= 15 is 0 Å². The molecular weight excluding hydrogens is 186 g/mol. The lowest BCUT2D eigenvalue weighted by Crippen LogP contribution is -2.29. The summed E-state index contributed by atoms with van der Waals surface area (Å²) in [6.07, 6.45) is 3.59. The summed E-state index contributed by atoms with van der Waals surface area (Å²) in [6, 6.07) is 4.11. The fraction of sp³-hybridized carbons (Fsp3) is 0.417. The van der Waals surface area contributed by atoms with Gasteiger partial charge in [-0.15, -0.1) is 6.58 Å². The number of aromatic nitrogens is 1. The van der Waals surface area contributed by atoms with E-state index in [0.29, 0.717) is 0 Å². The van der Waals surface area contributed by atoms with Crippen molar-refractivity contribution >= 4 is 0 Å². The molecule has 0 aromatic carbocycles. The number of hydrogen-bond acceptors (Lipinski definition) is 3. The Hall–Kier alpha value is -1.19. The van der Waals surface area contributed by atoms with Crippen LogP contribution in [-0.2, 0) is 6.42 Å². The number of hydrazine groups is 1. The molecule has 0 aliphatic heterocycles. The number of nitrogens with zero attached hydrogens (tertiary/aromatic N) is 1. The minimum atomic E-state index is 0.0682. The van der Waals surface area contributed by atoms with Crippen LogP contribution in [0.15, 0.2) is 30.5 Å². The molecule has 0 aliphatic carbocycles. The van der Waals surface area contributed by atoms with Gasteiger partial charge in [0.1, 0.15) is 0 Å². The summed E-state index contributed by atoms with van der Waals surface area (Å²) in [4.78, 5) is 4.39. The maximum absolute atomic E-state index is 5.55. The van der Waals surface area contributed by atoms with Crippen LogP contribution in [0.3, 0.4) is 0 Å². The molecule has 1 atom stereocenters. The van der Waals surface area contributed by atoms with Crippen molar-refractivity contribution in [3.05, 3.63) is 41.7 Å². The summed E-state index contributed by atoms with van der Waals surface area (Å²) in [5.74, 6) is 5.55. The molecule has 3 nitrogen and oxygen atoms in total. The van der Waals surface area contributed by atoms with E-state index in [0.717, 1.165) is 24.1 Å². The molecule has 0 saturated heterocycles. The molecule has 1 heterocycles. The Morgan fingerprint density at radius 3 is 2.93 bits per heavy atom. The molecule has 0 amide bonds. The number of nitrogens with two attached hydrogens (primary N) is 1. The Labute approximate surface area is 91.4 Å². The summed E-state index contributed by atoms with van der Waals surface area (Å²) in [7, 11) is 0. The van der Waals surface area contributed by atoms with Crippen molar-refractivity contribution in [2.24, 2.45) is 5.84 Å². The topological polar surface area (TPSA) is 50.9 Å². The van der Waals surface area contributed by atoms with Crippen LogP contribution < -0.4 is 11.3 Å². The number of hydrogen-bond donors (Lipinski definition) is 2. The van der Waals surface area contributed by atoms with E-state index in [2.05, 4.69) is 30.0 Å². The highest BCUT2D eigenvalue weighted by Gasteiger charge is 2.14. The average Bonchev–Trinajstić information content (AvgIpc) is 2.25. The van der Waals surface area contributed by atoms with Gasteiger partial charge in [0.25, 0.3) is 0 Å². The van der Waals surface area contributed by atoms with Crippen LogP contribution in [0.5, 0.6) is 0 Å². The largest absolute Gasteiger partial charge is 0.271 e. The second kappa shape index (κ2) is 5.63. The molecule has 1 aromatic heterocycles. The van der Waals surface area contributed by atoms with Gasteiger partial charge in [-0.25, -0.2) is 0 Å². The smallest absolute Gasteiger partial charge is 0.0671 e. The first-order valence-electron chi connectivity index (χ1n) is 5.23. The van der Waals surface area contributed by atoms with Crippen LogP contribution in [0.2, 0.25) is 0 Å². The highest BCUT2D eigenvalue weighted by molar-refractivity contribution is 5.23. The molecule has 1 rings (SSSR count). The van der Waals surface area contributed by atoms with E-state index in [4.69, 9.17) is 5.84 Å². The van der Waals surface area contributed by atoms with Gasteiger partial charge in [-0.2, -0.15) is 0 Å². The molecule has 0 spiro atoms. The van der Waals surface area contributed by atoms with E-state index in [-0.39, 0.29) is 6.04 Å². The van der Waals surface area contributed by atoms with Crippen LogP contribution in [0.25, 0.3) is 0 Å². The number of pyridine rings is 1. The van der Waals surface area contributed by atoms with Gasteiger partial charge in [-0.1, -0.05) is 18.6 Å². The standard InChI is InChI=1S/C12H19N3/c1-4-10-6-5-7-14-12(10)11(15-13)8-9(2)3/h5-7,11,15H,2,4,8,13H2,1,3H3. The number of nitrogens with one attached hydrogen (secondary N) is 1. The summed E-state index contributed by atoms with van der Waals surface area (Å²) in [5.41, 5.74) is 6.17. The normalized spacial score (nSPS) is 12.5. The zero-order chi connectivity index (χ0) is 11.3. The quantitative estimate of drug-likeness (QED) is 0.440. The van der Waals surface area contributed by atoms with Crippen molar-refractivity contribution in [2.45, 2.75) is 32.7 Å². The van der Waals surface area contributed by atoms with Crippen molar-refractivity contribution in [1.29, 1.82) is 0 Å². The third-order valence-corrected chi connectivity index (χ3v) is 2.39. The molecule has 82 valence electrons. The van der Waals surface area contributed by atoms with E-state index in [1.807, 2.05) is 13.0 Å². The van der Waals surface area contributed by atoms with Gasteiger partial charge in [-0.05, 0) is 31.4 Å². The van der Waals surface area contributed by atoms with E-state index in [9.17, 15) is 0 Å². The molecule has 15 heavy (non-hydrogen) atoms. The van der Waals surface area contributed by atoms with Gasteiger partial charge in [0.05, 0.1) is 11.7 Å². The predicted molar refractivity (Wildman–Crippen MR) is 63.1 cm³/mol. The highest BCUT2D eigenvalue weighted by atomic mass is 15.2. The van der Waals surface area contributed by atoms with E-state index in [1.54, 1.807) is 6.20 Å². The molecule has 0 saturated carbocycles. The third-order valence-electron chi connectivity index (χ3n) is 2.39. The molecule has 0 fully saturated rings. The fourth-order valence-electron chi connectivity index (χ4n) is 1.65. The lowest BCUT2D eigenvalue weighted by molar-refractivity contribution is 0.532. The zero-order valence-electron chi connectivity index (χ0n) is 9.46. The molecule has 3 heteroatoms. The van der Waals surface area contributed by atoms with Crippen molar-refractivity contribution < 1.29 is 0 Å². The minimum Gasteiger partial charge on any atom is -0.271 e. The lowest BCUT2D eigenvalue weighted by Gasteiger charge is -2.18. The molecule has 3 N–H and O–H groups in total. The molecule has 0 radical (unpaired) electrons. The van der Waals surface area contributed by atoms with Gasteiger partial charge in [0, 0.05) is 6.20 Å². The fourth-order valence-corrected chi connectivity index (χ4v) is 1.65. The van der Waals surface area contributed by atoms with Crippen LogP contribution in [0.1, 0.15) is 37.6 Å². The van der Waals surface area contributed by atoms with Crippen molar-refractivity contribution in [3.63, 3.8) is 0 Å². The lowest BCUT2D eigenvalue weighted by atomic mass is 10.0. The molecular formula is C12H19N3. The molecule has 1 unspecified atom stereocenters. The Morgan fingerprint density at radius 2 is 2.40 bits per heavy atom. The van der Waals surface area contributed by atoms with Crippen LogP contribution >= 0.6 is 0 Å². The first kappa shape index (κ1) is 11.9. The SMILES string of the molecule is C=C(C)CC(NN)c1ncccc1CC. The minimum absolute atomic E-state index is 0.0682. The molecule has 1 aromatic rings. The second-order valence-electron chi connectivity index (χ2n) is 3.78. The first-order valence-corrected chi connectivity index (χ1v) is 5.23. The van der Waals surface area contributed by atoms with E-state index < -0.39 is 0 Å². The van der Waals surface area contributed by atoms with Crippen molar-refractivity contribution in [1.82, 2.24) is 10.4 Å². The molecule has 0 bridgehead atoms. The van der Waals surface area contributed by atoms with Gasteiger partial charge < -0.3 is 0 Å². The average molecular weight is 205 g/mol. The van der Waals surface area contributed by atoms with Gasteiger partial charge >= 0.3 is 0 Å². The van der Waals surface area contributed by atoms with Crippen molar-refractivity contribution in [2.75, 3.05) is 0 Å². The van der Waals surface area contributed by atoms with Gasteiger partial charge in [0.15, 0.2) is 0 Å². The van der Waals surface area contributed by atoms with Crippen molar-refractivity contribution in [3.8, 4) is 0 Å². The Balaban J connectivity index is 2.95. The number of aryl methyl sites for hydroxylation is 1. The zero-order valence-corrected chi connectivity index (χ0v) is 9.46. The second-order valence-corrected chi connectivity index (χ2v) is 3.78.